The highest BCUT2D eigenvalue weighted by Crippen LogP contribution is 2.39. The summed E-state index contributed by atoms with van der Waals surface area (Å²) in [5, 5.41) is 0. The van der Waals surface area contributed by atoms with Gasteiger partial charge in [-0.05, 0) is 36.7 Å². The van der Waals surface area contributed by atoms with Gasteiger partial charge < -0.3 is 0 Å². The molecule has 2 aliphatic heterocycles. The normalized spacial score (nSPS) is 28.6. The average Bonchev–Trinajstić information content (AvgIpc) is 2.46. The predicted molar refractivity (Wildman–Crippen MR) is 95.2 cm³/mol. The lowest BCUT2D eigenvalue weighted by Crippen LogP contribution is -2.52. The Labute approximate surface area is 141 Å². The monoisotopic (exact) mass is 313 g/mol. The topological polar surface area (TPSA) is 20.3 Å². The minimum atomic E-state index is 0.118. The lowest BCUT2D eigenvalue weighted by atomic mass is 9.74. The van der Waals surface area contributed by atoms with Crippen LogP contribution in [0.3, 0.4) is 0 Å². The maximum absolute atomic E-state index is 12.7. The van der Waals surface area contributed by atoms with Crippen LogP contribution in [0.15, 0.2) is 30.3 Å². The molecule has 0 saturated carbocycles. The summed E-state index contributed by atoms with van der Waals surface area (Å²) in [6, 6.07) is 12.0. The minimum Gasteiger partial charge on any atom is -0.299 e. The number of hydrogen-bond donors (Lipinski definition) is 0. The molecule has 2 heteroatoms. The van der Waals surface area contributed by atoms with Crippen molar-refractivity contribution in [1.82, 2.24) is 4.90 Å². The molecular weight excluding hydrogens is 282 g/mol. The quantitative estimate of drug-likeness (QED) is 0.794. The highest BCUT2D eigenvalue weighted by Gasteiger charge is 2.40. The zero-order valence-corrected chi connectivity index (χ0v) is 14.9. The van der Waals surface area contributed by atoms with Crippen molar-refractivity contribution < 1.29 is 4.79 Å². The standard InChI is InChI=1S/C21H31NO/c1-21(2,3)14-20(23)17-12-18-10-7-11-19(13-17)22(18)15-16-8-5-4-6-9-16/h4-6,8-9,17-19H,7,10-15H2,1-3H3. The Kier molecular flexibility index (Phi) is 4.91. The first-order valence-corrected chi connectivity index (χ1v) is 9.25. The van der Waals surface area contributed by atoms with E-state index in [9.17, 15) is 4.79 Å². The number of nitrogens with zero attached hydrogens (tertiary/aromatic N) is 1. The van der Waals surface area contributed by atoms with E-state index in [0.29, 0.717) is 23.8 Å². The molecule has 0 amide bonds. The molecule has 23 heavy (non-hydrogen) atoms. The molecule has 2 heterocycles. The van der Waals surface area contributed by atoms with Crippen molar-refractivity contribution in [3.8, 4) is 0 Å². The molecule has 1 aromatic rings. The van der Waals surface area contributed by atoms with E-state index >= 15 is 0 Å². The molecule has 2 saturated heterocycles. The zero-order chi connectivity index (χ0) is 16.4. The molecule has 3 rings (SSSR count). The summed E-state index contributed by atoms with van der Waals surface area (Å²) in [7, 11) is 0. The number of benzene rings is 1. The van der Waals surface area contributed by atoms with Crippen molar-refractivity contribution in [2.45, 2.75) is 77.9 Å². The van der Waals surface area contributed by atoms with Crippen LogP contribution in [0, 0.1) is 11.3 Å². The summed E-state index contributed by atoms with van der Waals surface area (Å²) in [5.74, 6) is 0.810. The van der Waals surface area contributed by atoms with Gasteiger partial charge in [0.1, 0.15) is 5.78 Å². The third-order valence-corrected chi connectivity index (χ3v) is 5.49. The van der Waals surface area contributed by atoms with Gasteiger partial charge in [-0.1, -0.05) is 57.5 Å². The first-order valence-electron chi connectivity index (χ1n) is 9.25. The molecule has 126 valence electrons. The summed E-state index contributed by atoms with van der Waals surface area (Å²) in [6.07, 6.45) is 6.76. The molecular formula is C21H31NO. The maximum atomic E-state index is 12.7. The Morgan fingerprint density at radius 1 is 1.09 bits per heavy atom. The Morgan fingerprint density at radius 2 is 1.70 bits per heavy atom. The van der Waals surface area contributed by atoms with Gasteiger partial charge in [-0.15, -0.1) is 0 Å². The Morgan fingerprint density at radius 3 is 2.26 bits per heavy atom. The second-order valence-electron chi connectivity index (χ2n) is 8.77. The van der Waals surface area contributed by atoms with Crippen LogP contribution in [0.4, 0.5) is 0 Å². The van der Waals surface area contributed by atoms with Crippen molar-refractivity contribution >= 4 is 5.78 Å². The number of ketones is 1. The van der Waals surface area contributed by atoms with Crippen molar-refractivity contribution in [3.05, 3.63) is 35.9 Å². The van der Waals surface area contributed by atoms with Gasteiger partial charge in [0.15, 0.2) is 0 Å². The summed E-state index contributed by atoms with van der Waals surface area (Å²) >= 11 is 0. The van der Waals surface area contributed by atoms with E-state index in [1.165, 1.54) is 24.8 Å². The maximum Gasteiger partial charge on any atom is 0.136 e. The number of rotatable bonds is 4. The average molecular weight is 313 g/mol. The van der Waals surface area contributed by atoms with Crippen molar-refractivity contribution in [2.24, 2.45) is 11.3 Å². The Balaban J connectivity index is 1.67. The second kappa shape index (κ2) is 6.76. The first kappa shape index (κ1) is 16.7. The second-order valence-corrected chi connectivity index (χ2v) is 8.77. The fourth-order valence-electron chi connectivity index (χ4n) is 4.46. The van der Waals surface area contributed by atoms with Crippen LogP contribution in [-0.2, 0) is 11.3 Å². The minimum absolute atomic E-state index is 0.118. The van der Waals surface area contributed by atoms with Gasteiger partial charge >= 0.3 is 0 Å². The van der Waals surface area contributed by atoms with Gasteiger partial charge in [0.25, 0.3) is 0 Å². The Hall–Kier alpha value is -1.15. The third kappa shape index (κ3) is 4.23. The van der Waals surface area contributed by atoms with Crippen LogP contribution in [-0.4, -0.2) is 22.8 Å². The van der Waals surface area contributed by atoms with E-state index < -0.39 is 0 Å². The van der Waals surface area contributed by atoms with Crippen LogP contribution in [0.25, 0.3) is 0 Å². The van der Waals surface area contributed by atoms with Crippen LogP contribution in [0.1, 0.15) is 64.9 Å². The molecule has 0 N–H and O–H groups in total. The highest BCUT2D eigenvalue weighted by atomic mass is 16.1. The Bertz CT molecular complexity index is 517. The SMILES string of the molecule is CC(C)(C)CC(=O)C1CC2CCCC(C1)N2Cc1ccccc1. The van der Waals surface area contributed by atoms with E-state index in [2.05, 4.69) is 56.0 Å². The van der Waals surface area contributed by atoms with Gasteiger partial charge in [-0.3, -0.25) is 9.69 Å². The number of hydrogen-bond acceptors (Lipinski definition) is 2. The number of carbonyl (C=O) groups excluding carboxylic acids is 1. The largest absolute Gasteiger partial charge is 0.299 e. The van der Waals surface area contributed by atoms with Crippen LogP contribution < -0.4 is 0 Å². The van der Waals surface area contributed by atoms with Gasteiger partial charge in [0.05, 0.1) is 0 Å². The third-order valence-electron chi connectivity index (χ3n) is 5.49. The number of fused-ring (bicyclic) bond motifs is 2. The van der Waals surface area contributed by atoms with Crippen molar-refractivity contribution in [2.75, 3.05) is 0 Å². The van der Waals surface area contributed by atoms with E-state index in [4.69, 9.17) is 0 Å². The number of carbonyl (C=O) groups is 1. The zero-order valence-electron chi connectivity index (χ0n) is 14.9. The van der Waals surface area contributed by atoms with E-state index in [-0.39, 0.29) is 5.41 Å². The summed E-state index contributed by atoms with van der Waals surface area (Å²) in [4.78, 5) is 15.4. The number of piperidine rings is 2. The van der Waals surface area contributed by atoms with Gasteiger partial charge in [0.2, 0.25) is 0 Å². The lowest BCUT2D eigenvalue weighted by molar-refractivity contribution is -0.129. The van der Waals surface area contributed by atoms with Crippen LogP contribution in [0.5, 0.6) is 0 Å². The molecule has 0 radical (unpaired) electrons. The molecule has 1 aromatic carbocycles. The lowest BCUT2D eigenvalue weighted by Gasteiger charge is -2.49. The molecule has 0 aromatic heterocycles. The summed E-state index contributed by atoms with van der Waals surface area (Å²) in [5.41, 5.74) is 1.52. The number of Topliss-reactive ketones (excluding diaryl/α,β-unsaturated/α-hetero) is 1. The van der Waals surface area contributed by atoms with Crippen LogP contribution in [0.2, 0.25) is 0 Å². The van der Waals surface area contributed by atoms with E-state index in [1.54, 1.807) is 0 Å². The van der Waals surface area contributed by atoms with Crippen molar-refractivity contribution in [3.63, 3.8) is 0 Å². The van der Waals surface area contributed by atoms with Gasteiger partial charge in [-0.25, -0.2) is 0 Å². The molecule has 2 unspecified atom stereocenters. The molecule has 0 spiro atoms. The molecule has 0 aliphatic carbocycles. The van der Waals surface area contributed by atoms with E-state index in [0.717, 1.165) is 25.8 Å². The molecule has 2 atom stereocenters. The van der Waals surface area contributed by atoms with Gasteiger partial charge in [0, 0.05) is 31.0 Å². The van der Waals surface area contributed by atoms with Crippen molar-refractivity contribution in [1.29, 1.82) is 0 Å². The molecule has 2 aliphatic rings. The molecule has 2 nitrogen and oxygen atoms in total. The van der Waals surface area contributed by atoms with E-state index in [1.807, 2.05) is 0 Å². The predicted octanol–water partition coefficient (Wildman–Crippen LogP) is 4.83. The van der Waals surface area contributed by atoms with Gasteiger partial charge in [-0.2, -0.15) is 0 Å². The van der Waals surface area contributed by atoms with Crippen LogP contribution >= 0.6 is 0 Å². The molecule has 2 fully saturated rings. The summed E-state index contributed by atoms with van der Waals surface area (Å²) < 4.78 is 0. The highest BCUT2D eigenvalue weighted by molar-refractivity contribution is 5.81. The fourth-order valence-corrected chi connectivity index (χ4v) is 4.46. The fraction of sp³-hybridized carbons (Fsp3) is 0.667. The first-order chi connectivity index (χ1) is 10.9. The molecule has 2 bridgehead atoms. The summed E-state index contributed by atoms with van der Waals surface area (Å²) in [6.45, 7) is 7.58. The smallest absolute Gasteiger partial charge is 0.136 e.